The molecular formula is C22H34BNO5. The van der Waals surface area contributed by atoms with Crippen LogP contribution in [0, 0.1) is 5.92 Å². The van der Waals surface area contributed by atoms with Crippen molar-refractivity contribution in [1.82, 2.24) is 5.32 Å². The molecule has 0 spiro atoms. The van der Waals surface area contributed by atoms with Crippen LogP contribution in [0.25, 0.3) is 0 Å². The largest absolute Gasteiger partial charge is 0.494 e. The van der Waals surface area contributed by atoms with E-state index in [0.717, 1.165) is 24.1 Å². The van der Waals surface area contributed by atoms with Crippen molar-refractivity contribution in [2.75, 3.05) is 6.54 Å². The van der Waals surface area contributed by atoms with Crippen LogP contribution in [0.3, 0.4) is 0 Å². The van der Waals surface area contributed by atoms with Crippen LogP contribution in [0.1, 0.15) is 61.3 Å². The average Bonchev–Trinajstić information content (AvgIpc) is 2.76. The molecule has 2 fully saturated rings. The van der Waals surface area contributed by atoms with Crippen LogP contribution in [0.15, 0.2) is 24.3 Å². The molecule has 160 valence electrons. The highest BCUT2D eigenvalue weighted by molar-refractivity contribution is 6.62. The van der Waals surface area contributed by atoms with E-state index in [1.165, 1.54) is 0 Å². The smallest absolute Gasteiger partial charge is 0.490 e. The third-order valence-corrected chi connectivity index (χ3v) is 5.83. The van der Waals surface area contributed by atoms with Gasteiger partial charge in [0.05, 0.1) is 17.3 Å². The van der Waals surface area contributed by atoms with Crippen molar-refractivity contribution in [3.8, 4) is 5.75 Å². The summed E-state index contributed by atoms with van der Waals surface area (Å²) in [7, 11) is -0.360. The maximum atomic E-state index is 11.7. The van der Waals surface area contributed by atoms with Crippen LogP contribution in [-0.4, -0.2) is 42.7 Å². The van der Waals surface area contributed by atoms with E-state index in [1.54, 1.807) is 0 Å². The Kier molecular flexibility index (Phi) is 5.94. The van der Waals surface area contributed by atoms with E-state index in [-0.39, 0.29) is 30.5 Å². The van der Waals surface area contributed by atoms with E-state index >= 15 is 0 Å². The zero-order chi connectivity index (χ0) is 21.4. The fourth-order valence-corrected chi connectivity index (χ4v) is 3.35. The molecule has 1 aromatic carbocycles. The first-order chi connectivity index (χ1) is 13.3. The van der Waals surface area contributed by atoms with Crippen molar-refractivity contribution in [3.63, 3.8) is 0 Å². The highest BCUT2D eigenvalue weighted by Gasteiger charge is 2.51. The molecule has 7 heteroatoms. The fourth-order valence-electron chi connectivity index (χ4n) is 3.35. The van der Waals surface area contributed by atoms with Gasteiger partial charge in [0.25, 0.3) is 0 Å². The summed E-state index contributed by atoms with van der Waals surface area (Å²) in [5, 5.41) is 2.83. The monoisotopic (exact) mass is 403 g/mol. The Labute approximate surface area is 174 Å². The van der Waals surface area contributed by atoms with Gasteiger partial charge >= 0.3 is 13.2 Å². The standard InChI is InChI=1S/C22H34BNO5/c1-20(2,3)27-19(25)24-14-15-12-18(13-15)26-17-10-8-16(9-11-17)23-28-21(4,5)22(6,7)29-23/h8-11,15,18H,12-14H2,1-7H3,(H,24,25). The molecule has 6 nitrogen and oxygen atoms in total. The number of ether oxygens (including phenoxy) is 2. The van der Waals surface area contributed by atoms with Crippen molar-refractivity contribution in [2.45, 2.75) is 84.2 Å². The van der Waals surface area contributed by atoms with Gasteiger partial charge in [-0.3, -0.25) is 0 Å². The third-order valence-electron chi connectivity index (χ3n) is 5.83. The van der Waals surface area contributed by atoms with Gasteiger partial charge in [0.2, 0.25) is 0 Å². The van der Waals surface area contributed by atoms with E-state index in [2.05, 4.69) is 33.0 Å². The van der Waals surface area contributed by atoms with Crippen LogP contribution in [-0.2, 0) is 14.0 Å². The Morgan fingerprint density at radius 2 is 1.66 bits per heavy atom. The second-order valence-corrected chi connectivity index (χ2v) is 10.1. The maximum absolute atomic E-state index is 11.7. The number of benzene rings is 1. The summed E-state index contributed by atoms with van der Waals surface area (Å²) >= 11 is 0. The summed E-state index contributed by atoms with van der Waals surface area (Å²) in [5.74, 6) is 1.27. The molecule has 1 N–H and O–H groups in total. The van der Waals surface area contributed by atoms with Crippen LogP contribution in [0.4, 0.5) is 4.79 Å². The molecule has 1 aliphatic carbocycles. The molecule has 3 rings (SSSR count). The number of nitrogens with one attached hydrogen (secondary N) is 1. The molecule has 1 amide bonds. The number of carbonyl (C=O) groups is 1. The summed E-state index contributed by atoms with van der Waals surface area (Å²) < 4.78 is 23.5. The van der Waals surface area contributed by atoms with Gasteiger partial charge in [0.1, 0.15) is 11.4 Å². The van der Waals surface area contributed by atoms with Crippen LogP contribution in [0.5, 0.6) is 5.75 Å². The molecule has 1 saturated carbocycles. The lowest BCUT2D eigenvalue weighted by Gasteiger charge is -2.35. The van der Waals surface area contributed by atoms with Gasteiger partial charge < -0.3 is 24.1 Å². The molecule has 0 bridgehead atoms. The van der Waals surface area contributed by atoms with Crippen molar-refractivity contribution in [2.24, 2.45) is 5.92 Å². The predicted octanol–water partition coefficient (Wildman–Crippen LogP) is 3.67. The Morgan fingerprint density at radius 1 is 1.10 bits per heavy atom. The van der Waals surface area contributed by atoms with Crippen molar-refractivity contribution in [3.05, 3.63) is 24.3 Å². The highest BCUT2D eigenvalue weighted by Crippen LogP contribution is 2.36. The topological polar surface area (TPSA) is 66.0 Å². The van der Waals surface area contributed by atoms with E-state index in [4.69, 9.17) is 18.8 Å². The van der Waals surface area contributed by atoms with E-state index in [1.807, 2.05) is 45.0 Å². The second kappa shape index (κ2) is 7.84. The Hall–Kier alpha value is -1.73. The Balaban J connectivity index is 1.41. The lowest BCUT2D eigenvalue weighted by molar-refractivity contribution is 0.00578. The first-order valence-electron chi connectivity index (χ1n) is 10.4. The minimum Gasteiger partial charge on any atom is -0.490 e. The average molecular weight is 403 g/mol. The number of rotatable bonds is 5. The van der Waals surface area contributed by atoms with E-state index < -0.39 is 5.60 Å². The Morgan fingerprint density at radius 3 is 2.17 bits per heavy atom. The van der Waals surface area contributed by atoms with Crippen LogP contribution in [0.2, 0.25) is 0 Å². The van der Waals surface area contributed by atoms with Crippen LogP contribution >= 0.6 is 0 Å². The van der Waals surface area contributed by atoms with Gasteiger partial charge in [-0.25, -0.2) is 4.79 Å². The second-order valence-electron chi connectivity index (χ2n) is 10.1. The SMILES string of the molecule is CC(C)(C)OC(=O)NCC1CC(Oc2ccc(B3OC(C)(C)C(C)(C)O3)cc2)C1. The first kappa shape index (κ1) is 22.0. The highest BCUT2D eigenvalue weighted by atomic mass is 16.7. The van der Waals surface area contributed by atoms with Gasteiger partial charge in [-0.05, 0) is 84.8 Å². The van der Waals surface area contributed by atoms with Crippen molar-refractivity contribution < 1.29 is 23.6 Å². The minimum absolute atomic E-state index is 0.183. The summed E-state index contributed by atoms with van der Waals surface area (Å²) in [6.45, 7) is 14.4. The van der Waals surface area contributed by atoms with E-state index in [0.29, 0.717) is 12.5 Å². The maximum Gasteiger partial charge on any atom is 0.494 e. The zero-order valence-corrected chi connectivity index (χ0v) is 18.7. The fraction of sp³-hybridized carbons (Fsp3) is 0.682. The molecule has 1 heterocycles. The normalized spacial score (nSPS) is 25.3. The number of carbonyl (C=O) groups excluding carboxylic acids is 1. The molecule has 0 aromatic heterocycles. The predicted molar refractivity (Wildman–Crippen MR) is 114 cm³/mol. The quantitative estimate of drug-likeness (QED) is 0.760. The van der Waals surface area contributed by atoms with Crippen LogP contribution < -0.4 is 15.5 Å². The molecule has 0 atom stereocenters. The molecule has 1 aliphatic heterocycles. The molecular weight excluding hydrogens is 369 g/mol. The molecule has 0 radical (unpaired) electrons. The number of amides is 1. The molecule has 2 aliphatic rings. The molecule has 0 unspecified atom stereocenters. The van der Waals surface area contributed by atoms with Gasteiger partial charge in [-0.1, -0.05) is 12.1 Å². The molecule has 29 heavy (non-hydrogen) atoms. The summed E-state index contributed by atoms with van der Waals surface area (Å²) in [6.07, 6.45) is 1.67. The number of alkyl carbamates (subject to hydrolysis) is 1. The minimum atomic E-state index is -0.471. The van der Waals surface area contributed by atoms with Crippen molar-refractivity contribution >= 4 is 18.7 Å². The summed E-state index contributed by atoms with van der Waals surface area (Å²) in [4.78, 5) is 11.7. The first-order valence-corrected chi connectivity index (χ1v) is 10.4. The third kappa shape index (κ3) is 5.46. The number of hydrogen-bond acceptors (Lipinski definition) is 5. The number of hydrogen-bond donors (Lipinski definition) is 1. The lowest BCUT2D eigenvalue weighted by atomic mass is 9.79. The molecule has 1 saturated heterocycles. The summed E-state index contributed by atoms with van der Waals surface area (Å²) in [5.41, 5.74) is -0.173. The lowest BCUT2D eigenvalue weighted by Crippen LogP contribution is -2.42. The molecule has 1 aromatic rings. The Bertz CT molecular complexity index is 704. The van der Waals surface area contributed by atoms with Gasteiger partial charge in [0.15, 0.2) is 0 Å². The van der Waals surface area contributed by atoms with Gasteiger partial charge in [-0.15, -0.1) is 0 Å². The van der Waals surface area contributed by atoms with Crippen molar-refractivity contribution in [1.29, 1.82) is 0 Å². The summed E-state index contributed by atoms with van der Waals surface area (Å²) in [6, 6.07) is 7.93. The van der Waals surface area contributed by atoms with Gasteiger partial charge in [0, 0.05) is 6.54 Å². The zero-order valence-electron chi connectivity index (χ0n) is 18.7. The van der Waals surface area contributed by atoms with Gasteiger partial charge in [-0.2, -0.15) is 0 Å². The van der Waals surface area contributed by atoms with E-state index in [9.17, 15) is 4.79 Å².